The number of carbonyl (C=O) groups is 1. The molecule has 0 aromatic heterocycles. The lowest BCUT2D eigenvalue weighted by molar-refractivity contribution is 0.0810. The van der Waals surface area contributed by atoms with Crippen molar-refractivity contribution in [3.8, 4) is 5.75 Å². The predicted molar refractivity (Wildman–Crippen MR) is 168 cm³/mol. The summed E-state index contributed by atoms with van der Waals surface area (Å²) in [6.45, 7) is 6.24. The molecule has 3 N–H and O–H groups in total. The van der Waals surface area contributed by atoms with Gasteiger partial charge in [0, 0.05) is 18.6 Å². The van der Waals surface area contributed by atoms with Crippen LogP contribution in [0.2, 0.25) is 0 Å². The normalized spacial score (nSPS) is 16.1. The number of ether oxygens (including phenoxy) is 1. The van der Waals surface area contributed by atoms with Gasteiger partial charge in [-0.1, -0.05) is 55.8 Å². The Morgan fingerprint density at radius 2 is 1.84 bits per heavy atom. The number of carbonyl (C=O) groups excluding carboxylic acids is 1. The number of halogens is 1. The van der Waals surface area contributed by atoms with Crippen molar-refractivity contribution in [1.82, 2.24) is 10.6 Å². The number of anilines is 1. The number of methoxy groups -OCH3 is 1. The van der Waals surface area contributed by atoms with E-state index in [1.165, 1.54) is 12.1 Å². The van der Waals surface area contributed by atoms with E-state index in [4.69, 9.17) is 4.74 Å². The van der Waals surface area contributed by atoms with Crippen molar-refractivity contribution in [2.45, 2.75) is 64.1 Å². The number of aliphatic hydroxyl groups excluding tert-OH is 1. The Morgan fingerprint density at radius 3 is 2.49 bits per heavy atom. The van der Waals surface area contributed by atoms with Crippen LogP contribution < -0.4 is 19.7 Å². The molecule has 1 aliphatic heterocycles. The maximum Gasteiger partial charge on any atom is 0.254 e. The highest BCUT2D eigenvalue weighted by atomic mass is 32.2. The quantitative estimate of drug-likeness (QED) is 0.262. The smallest absolute Gasteiger partial charge is 0.254 e. The molecule has 1 saturated heterocycles. The van der Waals surface area contributed by atoms with Crippen molar-refractivity contribution in [3.05, 3.63) is 94.8 Å². The third-order valence-electron chi connectivity index (χ3n) is 7.89. The van der Waals surface area contributed by atoms with Crippen molar-refractivity contribution >= 4 is 21.6 Å². The van der Waals surface area contributed by atoms with E-state index in [0.717, 1.165) is 27.6 Å². The summed E-state index contributed by atoms with van der Waals surface area (Å²) in [6.07, 6.45) is 0.961. The molecule has 0 unspecified atom stereocenters. The van der Waals surface area contributed by atoms with E-state index in [1.807, 2.05) is 75.4 Å². The lowest BCUT2D eigenvalue weighted by Gasteiger charge is -2.31. The van der Waals surface area contributed by atoms with E-state index in [1.54, 1.807) is 7.11 Å². The summed E-state index contributed by atoms with van der Waals surface area (Å²) in [5, 5.41) is 17.7. The average molecular weight is 612 g/mol. The zero-order valence-corrected chi connectivity index (χ0v) is 26.1. The van der Waals surface area contributed by atoms with Crippen LogP contribution in [0.15, 0.2) is 66.7 Å². The van der Waals surface area contributed by atoms with Crippen LogP contribution in [0.5, 0.6) is 5.75 Å². The van der Waals surface area contributed by atoms with Crippen LogP contribution in [0.4, 0.5) is 10.1 Å². The fourth-order valence-corrected chi connectivity index (χ4v) is 6.92. The Balaban J connectivity index is 1.60. The number of sulfonamides is 1. The van der Waals surface area contributed by atoms with Crippen LogP contribution in [0, 0.1) is 5.82 Å². The molecule has 0 bridgehead atoms. The van der Waals surface area contributed by atoms with E-state index < -0.39 is 39.4 Å². The highest BCUT2D eigenvalue weighted by Crippen LogP contribution is 2.31. The standard InChI is InChI=1S/C33H42FN3O5S/c1-5-11-24-18-27(31(34)29(20-24)37-16-10-17-43(37,40)41)32(39)36-28(19-23-12-7-6-8-13-23)30(38)22-35-33(2,3)25-14-9-15-26(21-25)42-4/h6-9,12-15,18,20-21,28,30,35,38H,5,10-11,16-17,19,22H2,1-4H3,(H,36,39)/t28-,30+/m0/s1. The summed E-state index contributed by atoms with van der Waals surface area (Å²) in [4.78, 5) is 13.7. The van der Waals surface area contributed by atoms with Gasteiger partial charge in [0.1, 0.15) is 5.75 Å². The first-order chi connectivity index (χ1) is 20.4. The molecule has 232 valence electrons. The zero-order valence-electron chi connectivity index (χ0n) is 25.3. The second-order valence-corrected chi connectivity index (χ2v) is 13.6. The molecule has 1 aliphatic rings. The first-order valence-corrected chi connectivity index (χ1v) is 16.3. The second-order valence-electron chi connectivity index (χ2n) is 11.5. The van der Waals surface area contributed by atoms with Gasteiger partial charge in [0.15, 0.2) is 5.82 Å². The van der Waals surface area contributed by atoms with Crippen LogP contribution in [-0.4, -0.2) is 57.5 Å². The van der Waals surface area contributed by atoms with E-state index in [2.05, 4.69) is 10.6 Å². The van der Waals surface area contributed by atoms with Crippen molar-refractivity contribution in [1.29, 1.82) is 0 Å². The lowest BCUT2D eigenvalue weighted by Crippen LogP contribution is -2.51. The third-order valence-corrected chi connectivity index (χ3v) is 9.74. The Morgan fingerprint density at radius 1 is 1.09 bits per heavy atom. The molecule has 0 saturated carbocycles. The van der Waals surface area contributed by atoms with Gasteiger partial charge in [0.25, 0.3) is 5.91 Å². The van der Waals surface area contributed by atoms with Crippen LogP contribution >= 0.6 is 0 Å². The summed E-state index contributed by atoms with van der Waals surface area (Å²) in [6, 6.07) is 19.3. The maximum atomic E-state index is 15.9. The topological polar surface area (TPSA) is 108 Å². The first-order valence-electron chi connectivity index (χ1n) is 14.7. The minimum absolute atomic E-state index is 0.0591. The number of aliphatic hydroxyl groups is 1. The Labute approximate surface area is 254 Å². The summed E-state index contributed by atoms with van der Waals surface area (Å²) >= 11 is 0. The number of nitrogens with one attached hydrogen (secondary N) is 2. The van der Waals surface area contributed by atoms with Crippen molar-refractivity contribution in [2.75, 3.05) is 30.3 Å². The minimum atomic E-state index is -3.66. The molecular formula is C33H42FN3O5S. The Bertz CT molecular complexity index is 1510. The number of benzene rings is 3. The first kappa shape index (κ1) is 32.4. The van der Waals surface area contributed by atoms with Gasteiger partial charge in [-0.15, -0.1) is 0 Å². The van der Waals surface area contributed by atoms with Crippen LogP contribution in [0.3, 0.4) is 0 Å². The number of hydrogen-bond donors (Lipinski definition) is 3. The van der Waals surface area contributed by atoms with Gasteiger partial charge in [-0.25, -0.2) is 12.8 Å². The van der Waals surface area contributed by atoms with Gasteiger partial charge >= 0.3 is 0 Å². The molecule has 3 aromatic carbocycles. The Kier molecular flexibility index (Phi) is 10.5. The molecule has 1 amide bonds. The molecule has 3 aromatic rings. The molecule has 0 radical (unpaired) electrons. The highest BCUT2D eigenvalue weighted by molar-refractivity contribution is 7.93. The number of nitrogens with zero attached hydrogens (tertiary/aromatic N) is 1. The predicted octanol–water partition coefficient (Wildman–Crippen LogP) is 4.55. The van der Waals surface area contributed by atoms with Gasteiger partial charge in [0.2, 0.25) is 10.0 Å². The molecule has 10 heteroatoms. The second kappa shape index (κ2) is 13.9. The summed E-state index contributed by atoms with van der Waals surface area (Å²) in [5.74, 6) is -0.930. The fraction of sp³-hybridized carbons (Fsp3) is 0.424. The molecule has 43 heavy (non-hydrogen) atoms. The van der Waals surface area contributed by atoms with Gasteiger partial charge in [-0.05, 0) is 74.1 Å². The lowest BCUT2D eigenvalue weighted by atomic mass is 9.93. The number of hydrogen-bond acceptors (Lipinski definition) is 6. The molecule has 0 aliphatic carbocycles. The molecule has 0 spiro atoms. The van der Waals surface area contributed by atoms with Gasteiger partial charge < -0.3 is 20.5 Å². The minimum Gasteiger partial charge on any atom is -0.497 e. The van der Waals surface area contributed by atoms with Gasteiger partial charge in [-0.3, -0.25) is 9.10 Å². The zero-order chi connectivity index (χ0) is 31.2. The van der Waals surface area contributed by atoms with Gasteiger partial charge in [0.05, 0.1) is 36.3 Å². The average Bonchev–Trinajstić information content (AvgIpc) is 3.35. The summed E-state index contributed by atoms with van der Waals surface area (Å²) in [7, 11) is -2.05. The van der Waals surface area contributed by atoms with Crippen molar-refractivity contribution < 1.29 is 27.4 Å². The van der Waals surface area contributed by atoms with Crippen molar-refractivity contribution in [2.24, 2.45) is 0 Å². The maximum absolute atomic E-state index is 15.9. The molecule has 4 rings (SSSR count). The Hall–Kier alpha value is -3.47. The number of rotatable bonds is 13. The molecule has 1 heterocycles. The van der Waals surface area contributed by atoms with Crippen LogP contribution in [0.25, 0.3) is 0 Å². The summed E-state index contributed by atoms with van der Waals surface area (Å²) in [5.41, 5.74) is 1.65. The molecule has 1 fully saturated rings. The fourth-order valence-electron chi connectivity index (χ4n) is 5.37. The molecule has 8 nitrogen and oxygen atoms in total. The monoisotopic (exact) mass is 611 g/mol. The molecule has 2 atom stereocenters. The summed E-state index contributed by atoms with van der Waals surface area (Å²) < 4.78 is 47.6. The molecular weight excluding hydrogens is 569 g/mol. The van der Waals surface area contributed by atoms with Crippen LogP contribution in [-0.2, 0) is 28.4 Å². The SMILES string of the molecule is CCCc1cc(C(=O)N[C@@H](Cc2ccccc2)[C@H](O)CNC(C)(C)c2cccc(OC)c2)c(F)c(N2CCCS2(=O)=O)c1. The van der Waals surface area contributed by atoms with Gasteiger partial charge in [-0.2, -0.15) is 0 Å². The van der Waals surface area contributed by atoms with Crippen LogP contribution in [0.1, 0.15) is 60.7 Å². The van der Waals surface area contributed by atoms with E-state index in [0.29, 0.717) is 24.8 Å². The van der Waals surface area contributed by atoms with E-state index in [9.17, 15) is 18.3 Å². The highest BCUT2D eigenvalue weighted by Gasteiger charge is 2.33. The largest absolute Gasteiger partial charge is 0.497 e. The van der Waals surface area contributed by atoms with E-state index in [-0.39, 0.29) is 30.1 Å². The third kappa shape index (κ3) is 7.93. The van der Waals surface area contributed by atoms with E-state index >= 15 is 4.39 Å². The number of aryl methyl sites for hydroxylation is 1. The van der Waals surface area contributed by atoms with Crippen molar-refractivity contribution in [3.63, 3.8) is 0 Å². The number of amides is 1.